The van der Waals surface area contributed by atoms with Crippen LogP contribution in [0, 0.1) is 13.8 Å². The van der Waals surface area contributed by atoms with Crippen molar-refractivity contribution in [2.75, 3.05) is 4.90 Å². The first-order valence-corrected chi connectivity index (χ1v) is 10.4. The van der Waals surface area contributed by atoms with Gasteiger partial charge in [0.15, 0.2) is 5.13 Å². The fourth-order valence-electron chi connectivity index (χ4n) is 2.92. The number of pyridine rings is 1. The molecule has 0 aliphatic carbocycles. The van der Waals surface area contributed by atoms with Gasteiger partial charge in [-0.1, -0.05) is 29.5 Å². The summed E-state index contributed by atoms with van der Waals surface area (Å²) in [6, 6.07) is 12.0. The highest BCUT2D eigenvalue weighted by Gasteiger charge is 2.21. The van der Waals surface area contributed by atoms with Gasteiger partial charge in [-0.3, -0.25) is 14.7 Å². The Hall–Kier alpha value is -2.57. The van der Waals surface area contributed by atoms with Crippen molar-refractivity contribution in [2.45, 2.75) is 26.8 Å². The molecule has 0 saturated heterocycles. The molecule has 0 fully saturated rings. The topological polar surface area (TPSA) is 46.1 Å². The zero-order valence-electron chi connectivity index (χ0n) is 15.2. The molecule has 4 aromatic rings. The van der Waals surface area contributed by atoms with E-state index in [4.69, 9.17) is 4.98 Å². The Morgan fingerprint density at radius 3 is 2.78 bits per heavy atom. The van der Waals surface area contributed by atoms with Gasteiger partial charge in [-0.15, -0.1) is 11.3 Å². The molecule has 3 aromatic heterocycles. The maximum Gasteiger partial charge on any atom is 0.234 e. The number of hydrogen-bond acceptors (Lipinski definition) is 5. The maximum absolute atomic E-state index is 13.1. The number of carbonyl (C=O) groups excluding carboxylic acids is 1. The first kappa shape index (κ1) is 17.8. The van der Waals surface area contributed by atoms with Gasteiger partial charge in [-0.2, -0.15) is 0 Å². The molecule has 6 heteroatoms. The summed E-state index contributed by atoms with van der Waals surface area (Å²) >= 11 is 3.17. The average Bonchev–Trinajstić information content (AvgIpc) is 3.33. The monoisotopic (exact) mass is 393 g/mol. The first-order valence-electron chi connectivity index (χ1n) is 8.70. The second-order valence-corrected chi connectivity index (χ2v) is 8.49. The van der Waals surface area contributed by atoms with Crippen LogP contribution in [0.4, 0.5) is 5.13 Å². The van der Waals surface area contributed by atoms with Gasteiger partial charge in [-0.25, -0.2) is 4.98 Å². The van der Waals surface area contributed by atoms with E-state index < -0.39 is 0 Å². The van der Waals surface area contributed by atoms with Gasteiger partial charge in [0.05, 0.1) is 23.2 Å². The van der Waals surface area contributed by atoms with Crippen LogP contribution in [0.1, 0.15) is 21.6 Å². The summed E-state index contributed by atoms with van der Waals surface area (Å²) in [4.78, 5) is 25.0. The molecular formula is C21H19N3OS2. The van der Waals surface area contributed by atoms with Gasteiger partial charge in [0.1, 0.15) is 0 Å². The van der Waals surface area contributed by atoms with Gasteiger partial charge >= 0.3 is 0 Å². The Balaban J connectivity index is 1.72. The molecule has 0 aliphatic heterocycles. The number of carbonyl (C=O) groups is 1. The van der Waals surface area contributed by atoms with Crippen LogP contribution < -0.4 is 4.90 Å². The lowest BCUT2D eigenvalue weighted by Crippen LogP contribution is -2.31. The van der Waals surface area contributed by atoms with E-state index in [-0.39, 0.29) is 5.91 Å². The normalized spacial score (nSPS) is 11.0. The molecule has 0 N–H and O–H groups in total. The minimum atomic E-state index is 0.0507. The number of thiophene rings is 1. The summed E-state index contributed by atoms with van der Waals surface area (Å²) < 4.78 is 1.10. The zero-order valence-corrected chi connectivity index (χ0v) is 16.8. The number of aryl methyl sites for hydroxylation is 2. The van der Waals surface area contributed by atoms with Crippen LogP contribution in [-0.2, 0) is 17.8 Å². The highest BCUT2D eigenvalue weighted by Crippen LogP contribution is 2.33. The third kappa shape index (κ3) is 3.77. The molecule has 4 nitrogen and oxygen atoms in total. The number of benzene rings is 1. The second kappa shape index (κ2) is 7.58. The Morgan fingerprint density at radius 2 is 2.04 bits per heavy atom. The SMILES string of the molecule is Cc1ccc2sc(N(Cc3cccnc3)C(=O)Cc3cccs3)nc2c1C. The molecule has 0 unspecified atom stereocenters. The third-order valence-electron chi connectivity index (χ3n) is 4.57. The van der Waals surface area contributed by atoms with Crippen molar-refractivity contribution >= 4 is 43.9 Å². The smallest absolute Gasteiger partial charge is 0.234 e. The molecule has 27 heavy (non-hydrogen) atoms. The summed E-state index contributed by atoms with van der Waals surface area (Å²) in [5, 5.41) is 2.74. The number of hydrogen-bond donors (Lipinski definition) is 0. The molecule has 1 amide bonds. The number of aromatic nitrogens is 2. The van der Waals surface area contributed by atoms with Crippen molar-refractivity contribution < 1.29 is 4.79 Å². The Labute approximate surface area is 166 Å². The minimum Gasteiger partial charge on any atom is -0.283 e. The first-order chi connectivity index (χ1) is 13.1. The molecule has 0 aliphatic rings. The van der Waals surface area contributed by atoms with Gasteiger partial charge in [0.25, 0.3) is 0 Å². The fourth-order valence-corrected chi connectivity index (χ4v) is 4.66. The van der Waals surface area contributed by atoms with E-state index >= 15 is 0 Å². The van der Waals surface area contributed by atoms with Gasteiger partial charge in [-0.05, 0) is 54.1 Å². The van der Waals surface area contributed by atoms with Crippen LogP contribution in [0.3, 0.4) is 0 Å². The number of anilines is 1. The van der Waals surface area contributed by atoms with Gasteiger partial charge in [0, 0.05) is 17.3 Å². The van der Waals surface area contributed by atoms with Gasteiger partial charge < -0.3 is 0 Å². The van der Waals surface area contributed by atoms with Crippen molar-refractivity contribution in [3.8, 4) is 0 Å². The Kier molecular flexibility index (Phi) is 5.01. The van der Waals surface area contributed by atoms with E-state index in [0.717, 1.165) is 25.8 Å². The minimum absolute atomic E-state index is 0.0507. The molecule has 3 heterocycles. The van der Waals surface area contributed by atoms with Crippen LogP contribution in [0.2, 0.25) is 0 Å². The summed E-state index contributed by atoms with van der Waals surface area (Å²) in [6.45, 7) is 4.64. The van der Waals surface area contributed by atoms with Crippen molar-refractivity contribution in [3.05, 3.63) is 75.7 Å². The maximum atomic E-state index is 13.1. The standard InChI is InChI=1S/C21H19N3OS2/c1-14-7-8-18-20(15(14)2)23-21(27-18)24(13-16-5-3-9-22-12-16)19(25)11-17-6-4-10-26-17/h3-10,12H,11,13H2,1-2H3. The van der Waals surface area contributed by atoms with E-state index in [1.807, 2.05) is 29.6 Å². The lowest BCUT2D eigenvalue weighted by atomic mass is 10.1. The van der Waals surface area contributed by atoms with Crippen molar-refractivity contribution in [1.29, 1.82) is 0 Å². The summed E-state index contributed by atoms with van der Waals surface area (Å²) in [6.07, 6.45) is 3.92. The summed E-state index contributed by atoms with van der Waals surface area (Å²) in [7, 11) is 0. The number of thiazole rings is 1. The quantitative estimate of drug-likeness (QED) is 0.471. The molecule has 0 radical (unpaired) electrons. The van der Waals surface area contributed by atoms with Crippen LogP contribution in [0.25, 0.3) is 10.2 Å². The highest BCUT2D eigenvalue weighted by molar-refractivity contribution is 7.22. The molecule has 136 valence electrons. The predicted octanol–water partition coefficient (Wildman–Crippen LogP) is 5.15. The zero-order chi connectivity index (χ0) is 18.8. The largest absolute Gasteiger partial charge is 0.283 e. The molecular weight excluding hydrogens is 374 g/mol. The summed E-state index contributed by atoms with van der Waals surface area (Å²) in [5.41, 5.74) is 4.35. The number of nitrogens with zero attached hydrogens (tertiary/aromatic N) is 3. The van der Waals surface area contributed by atoms with E-state index in [1.54, 1.807) is 40.0 Å². The van der Waals surface area contributed by atoms with E-state index in [0.29, 0.717) is 13.0 Å². The Morgan fingerprint density at radius 1 is 1.15 bits per heavy atom. The number of rotatable bonds is 5. The highest BCUT2D eigenvalue weighted by atomic mass is 32.1. The molecule has 0 spiro atoms. The number of amides is 1. The molecule has 0 bridgehead atoms. The second-order valence-electron chi connectivity index (χ2n) is 6.45. The van der Waals surface area contributed by atoms with E-state index in [2.05, 4.69) is 31.0 Å². The van der Waals surface area contributed by atoms with E-state index in [1.165, 1.54) is 11.1 Å². The lowest BCUT2D eigenvalue weighted by molar-refractivity contribution is -0.118. The molecule has 1 aromatic carbocycles. The Bertz CT molecular complexity index is 1070. The predicted molar refractivity (Wildman–Crippen MR) is 113 cm³/mol. The molecule has 0 saturated carbocycles. The van der Waals surface area contributed by atoms with Crippen molar-refractivity contribution in [1.82, 2.24) is 9.97 Å². The number of fused-ring (bicyclic) bond motifs is 1. The van der Waals surface area contributed by atoms with Crippen LogP contribution in [-0.4, -0.2) is 15.9 Å². The fraction of sp³-hybridized carbons (Fsp3) is 0.190. The lowest BCUT2D eigenvalue weighted by Gasteiger charge is -2.19. The van der Waals surface area contributed by atoms with E-state index in [9.17, 15) is 4.79 Å². The van der Waals surface area contributed by atoms with Crippen LogP contribution in [0.15, 0.2) is 54.2 Å². The van der Waals surface area contributed by atoms with Gasteiger partial charge in [0.2, 0.25) is 5.91 Å². The van der Waals surface area contributed by atoms with Crippen LogP contribution in [0.5, 0.6) is 0 Å². The van der Waals surface area contributed by atoms with Crippen molar-refractivity contribution in [3.63, 3.8) is 0 Å². The van der Waals surface area contributed by atoms with Crippen molar-refractivity contribution in [2.24, 2.45) is 0 Å². The van der Waals surface area contributed by atoms with Crippen LogP contribution >= 0.6 is 22.7 Å². The average molecular weight is 394 g/mol. The molecule has 0 atom stereocenters. The summed E-state index contributed by atoms with van der Waals surface area (Å²) in [5.74, 6) is 0.0507. The third-order valence-corrected chi connectivity index (χ3v) is 6.49. The molecule has 4 rings (SSSR count).